The van der Waals surface area contributed by atoms with Gasteiger partial charge in [0.25, 0.3) is 0 Å². The Labute approximate surface area is 222 Å². The average molecular weight is 552 g/mol. The molecule has 37 heavy (non-hydrogen) atoms. The summed E-state index contributed by atoms with van der Waals surface area (Å²) in [4.78, 5) is 12.6. The van der Waals surface area contributed by atoms with E-state index >= 15 is 0 Å². The van der Waals surface area contributed by atoms with Crippen molar-refractivity contribution >= 4 is 16.0 Å². The molecule has 5 aliphatic carbocycles. The van der Waals surface area contributed by atoms with Crippen molar-refractivity contribution < 1.29 is 31.1 Å². The highest BCUT2D eigenvalue weighted by molar-refractivity contribution is 7.90. The number of sulfonamides is 1. The maximum absolute atomic E-state index is 13.4. The van der Waals surface area contributed by atoms with Crippen LogP contribution in [0.1, 0.15) is 118 Å². The number of esters is 1. The summed E-state index contributed by atoms with van der Waals surface area (Å²) in [5.74, 6) is 0.818. The molecule has 5 aliphatic rings. The molecule has 2 unspecified atom stereocenters. The van der Waals surface area contributed by atoms with Gasteiger partial charge in [0, 0.05) is 6.04 Å². The van der Waals surface area contributed by atoms with Crippen molar-refractivity contribution in [2.24, 2.45) is 29.1 Å². The predicted molar refractivity (Wildman–Crippen MR) is 139 cm³/mol. The number of ether oxygens (including phenoxy) is 1. The molecule has 0 radical (unpaired) electrons. The topological polar surface area (TPSA) is 72.5 Å². The lowest BCUT2D eigenvalue weighted by Gasteiger charge is -2.60. The molecular formula is C28H48F3NO4S. The van der Waals surface area contributed by atoms with E-state index in [1.807, 2.05) is 13.8 Å². The number of rotatable bonds is 8. The highest BCUT2D eigenvalue weighted by atomic mass is 32.2. The summed E-state index contributed by atoms with van der Waals surface area (Å²) in [6.07, 6.45) is 7.38. The number of carbonyl (C=O) groups is 1. The molecule has 5 saturated carbocycles. The second-order valence-corrected chi connectivity index (χ2v) is 14.5. The molecule has 5 nitrogen and oxygen atoms in total. The Morgan fingerprint density at radius 3 is 1.89 bits per heavy atom. The van der Waals surface area contributed by atoms with E-state index in [1.165, 1.54) is 19.8 Å². The summed E-state index contributed by atoms with van der Waals surface area (Å²) < 4.78 is 72.2. The van der Waals surface area contributed by atoms with Crippen LogP contribution in [0, 0.1) is 29.1 Å². The molecule has 0 heterocycles. The van der Waals surface area contributed by atoms with E-state index in [2.05, 4.69) is 4.72 Å². The summed E-state index contributed by atoms with van der Waals surface area (Å²) in [5, 5.41) is -0.260. The zero-order valence-electron chi connectivity index (χ0n) is 23.3. The molecule has 216 valence electrons. The van der Waals surface area contributed by atoms with Gasteiger partial charge in [0.05, 0.1) is 5.25 Å². The Balaban J connectivity index is 0.000000233. The number of halogens is 3. The zero-order chi connectivity index (χ0) is 27.6. The third-order valence-corrected chi connectivity index (χ3v) is 12.2. The lowest BCUT2D eigenvalue weighted by Crippen LogP contribution is -2.61. The van der Waals surface area contributed by atoms with Crippen LogP contribution < -0.4 is 4.72 Å². The Kier molecular flexibility index (Phi) is 9.73. The molecule has 9 heteroatoms. The predicted octanol–water partition coefficient (Wildman–Crippen LogP) is 7.15. The lowest BCUT2D eigenvalue weighted by molar-refractivity contribution is -0.256. The second kappa shape index (κ2) is 11.7. The van der Waals surface area contributed by atoms with E-state index in [4.69, 9.17) is 4.74 Å². The highest BCUT2D eigenvalue weighted by Gasteiger charge is 2.62. The summed E-state index contributed by atoms with van der Waals surface area (Å²) in [7, 11) is -3.06. The Bertz CT molecular complexity index is 856. The van der Waals surface area contributed by atoms with Crippen molar-refractivity contribution in [3.63, 3.8) is 0 Å². The molecule has 0 aliphatic heterocycles. The first-order valence-corrected chi connectivity index (χ1v) is 16.1. The average Bonchev–Trinajstić information content (AvgIpc) is 2.84. The van der Waals surface area contributed by atoms with Crippen molar-refractivity contribution in [2.75, 3.05) is 0 Å². The molecule has 0 spiro atoms. The van der Waals surface area contributed by atoms with Crippen molar-refractivity contribution in [1.29, 1.82) is 0 Å². The molecule has 0 aromatic heterocycles. The second-order valence-electron chi connectivity index (χ2n) is 12.4. The first kappa shape index (κ1) is 30.7. The monoisotopic (exact) mass is 551 g/mol. The van der Waals surface area contributed by atoms with Gasteiger partial charge in [-0.3, -0.25) is 4.79 Å². The van der Waals surface area contributed by atoms with E-state index in [1.54, 1.807) is 6.92 Å². The molecule has 2 atom stereocenters. The Morgan fingerprint density at radius 2 is 1.49 bits per heavy atom. The Morgan fingerprint density at radius 1 is 0.973 bits per heavy atom. The summed E-state index contributed by atoms with van der Waals surface area (Å²) >= 11 is 0. The van der Waals surface area contributed by atoms with Gasteiger partial charge in [-0.25, -0.2) is 13.1 Å². The van der Waals surface area contributed by atoms with Crippen LogP contribution in [0.3, 0.4) is 0 Å². The molecule has 0 aromatic rings. The van der Waals surface area contributed by atoms with Crippen LogP contribution in [0.25, 0.3) is 0 Å². The number of alkyl halides is 3. The number of nitrogens with one attached hydrogen (secondary N) is 1. The number of hydrogen-bond acceptors (Lipinski definition) is 4. The van der Waals surface area contributed by atoms with E-state index < -0.39 is 33.2 Å². The number of hydrogen-bond donors (Lipinski definition) is 1. The van der Waals surface area contributed by atoms with Gasteiger partial charge in [0.2, 0.25) is 10.0 Å². The molecule has 5 fully saturated rings. The molecule has 5 rings (SSSR count). The van der Waals surface area contributed by atoms with E-state index in [0.717, 1.165) is 58.3 Å². The van der Waals surface area contributed by atoms with Crippen LogP contribution in [-0.2, 0) is 19.6 Å². The lowest BCUT2D eigenvalue weighted by atomic mass is 9.49. The minimum absolute atomic E-state index is 0.197. The van der Waals surface area contributed by atoms with Gasteiger partial charge < -0.3 is 4.74 Å². The molecule has 1 N–H and O–H groups in total. The summed E-state index contributed by atoms with van der Waals surface area (Å²) in [6.45, 7) is 8.03. The third kappa shape index (κ3) is 6.33. The van der Waals surface area contributed by atoms with E-state index in [9.17, 15) is 26.4 Å². The van der Waals surface area contributed by atoms with Crippen LogP contribution in [0.4, 0.5) is 13.2 Å². The van der Waals surface area contributed by atoms with Crippen molar-refractivity contribution in [3.05, 3.63) is 0 Å². The highest BCUT2D eigenvalue weighted by Crippen LogP contribution is 2.61. The van der Waals surface area contributed by atoms with E-state index in [0.29, 0.717) is 24.7 Å². The molecule has 0 amide bonds. The van der Waals surface area contributed by atoms with E-state index in [-0.39, 0.29) is 29.5 Å². The summed E-state index contributed by atoms with van der Waals surface area (Å²) in [6, 6.07) is 0.197. The molecule has 0 saturated heterocycles. The Hall–Kier alpha value is -0.830. The van der Waals surface area contributed by atoms with Gasteiger partial charge in [-0.15, -0.1) is 0 Å². The fraction of sp³-hybridized carbons (Fsp3) is 0.964. The van der Waals surface area contributed by atoms with Gasteiger partial charge in [-0.2, -0.15) is 13.2 Å². The SMILES string of the molecule is CCC(C)S(=O)(=O)NC1CCCCC1.CCC1(OC(=O)C(C)(CC)C(F)(F)F)C2CC3CC(C2)CC1C3. The quantitative estimate of drug-likeness (QED) is 0.325. The number of carbonyl (C=O) groups excluding carboxylic acids is 1. The first-order chi connectivity index (χ1) is 17.2. The molecule has 0 aromatic carbocycles. The van der Waals surface area contributed by atoms with Crippen LogP contribution >= 0.6 is 0 Å². The summed E-state index contributed by atoms with van der Waals surface area (Å²) in [5.41, 5.74) is -3.06. The van der Waals surface area contributed by atoms with Crippen LogP contribution in [0.15, 0.2) is 0 Å². The minimum atomic E-state index is -4.57. The normalized spacial score (nSPS) is 34.3. The smallest absolute Gasteiger partial charge is 0.404 e. The van der Waals surface area contributed by atoms with Gasteiger partial charge in [-0.05, 0) is 102 Å². The standard InChI is InChI=1S/C18H27F3O2.C10H21NO2S/c1-4-16(3,18(19,20)21)15(22)23-17(5-2)13-7-11-6-12(9-13)10-14(17)8-11;1-3-9(2)14(12,13)11-10-7-5-4-6-8-10/h11-14H,4-10H2,1-3H3;9-11H,3-8H2,1-2H3. The van der Waals surface area contributed by atoms with Gasteiger partial charge in [0.1, 0.15) is 5.60 Å². The van der Waals surface area contributed by atoms with Gasteiger partial charge >= 0.3 is 12.1 Å². The van der Waals surface area contributed by atoms with Crippen LogP contribution in [-0.4, -0.2) is 37.5 Å². The first-order valence-electron chi connectivity index (χ1n) is 14.5. The van der Waals surface area contributed by atoms with Crippen molar-refractivity contribution in [2.45, 2.75) is 141 Å². The van der Waals surface area contributed by atoms with Gasteiger partial charge in [0.15, 0.2) is 5.41 Å². The van der Waals surface area contributed by atoms with Crippen LogP contribution in [0.5, 0.6) is 0 Å². The maximum Gasteiger partial charge on any atom is 0.404 e. The van der Waals surface area contributed by atoms with Crippen LogP contribution in [0.2, 0.25) is 0 Å². The van der Waals surface area contributed by atoms with Gasteiger partial charge in [-0.1, -0.05) is 40.0 Å². The van der Waals surface area contributed by atoms with Crippen molar-refractivity contribution in [1.82, 2.24) is 4.72 Å². The minimum Gasteiger partial charge on any atom is -0.458 e. The largest absolute Gasteiger partial charge is 0.458 e. The fourth-order valence-corrected chi connectivity index (χ4v) is 8.70. The van der Waals surface area contributed by atoms with Crippen molar-refractivity contribution in [3.8, 4) is 0 Å². The maximum atomic E-state index is 13.4. The zero-order valence-corrected chi connectivity index (χ0v) is 24.1. The third-order valence-electron chi connectivity index (χ3n) is 10.2. The molecular weight excluding hydrogens is 503 g/mol. The fourth-order valence-electron chi connectivity index (χ4n) is 7.33. The molecule has 4 bridgehead atoms.